The summed E-state index contributed by atoms with van der Waals surface area (Å²) in [4.78, 5) is 13.1. The number of nitrogens with zero attached hydrogens (tertiary/aromatic N) is 1. The minimum absolute atomic E-state index is 0.0436. The molecule has 1 aliphatic carbocycles. The Morgan fingerprint density at radius 1 is 1.50 bits per heavy atom. The molecule has 1 amide bonds. The van der Waals surface area contributed by atoms with Crippen LogP contribution in [0.4, 0.5) is 0 Å². The molecular weight excluding hydrogens is 202 g/mol. The van der Waals surface area contributed by atoms with Gasteiger partial charge in [0.2, 0.25) is 5.91 Å². The van der Waals surface area contributed by atoms with Crippen molar-refractivity contribution < 1.29 is 13.2 Å². The van der Waals surface area contributed by atoms with Gasteiger partial charge >= 0.3 is 0 Å². The Hall–Kier alpha value is -0.580. The van der Waals surface area contributed by atoms with E-state index < -0.39 is 9.84 Å². The second-order valence-corrected chi connectivity index (χ2v) is 6.35. The monoisotopic (exact) mass is 219 g/mol. The zero-order chi connectivity index (χ0) is 10.9. The summed E-state index contributed by atoms with van der Waals surface area (Å²) >= 11 is 0. The Labute approximate surface area is 85.2 Å². The fraction of sp³-hybridized carbons (Fsp3) is 0.889. The Kier molecular flexibility index (Phi) is 3.19. The molecule has 0 bridgehead atoms. The van der Waals surface area contributed by atoms with Crippen molar-refractivity contribution in [2.45, 2.75) is 25.8 Å². The van der Waals surface area contributed by atoms with E-state index in [1.807, 2.05) is 0 Å². The van der Waals surface area contributed by atoms with Crippen LogP contribution in [0.2, 0.25) is 0 Å². The molecule has 1 saturated carbocycles. The molecule has 0 aromatic heterocycles. The fourth-order valence-corrected chi connectivity index (χ4v) is 2.49. The standard InChI is InChI=1S/C9H17NO3S/c1-7(6-14(3,12)13)10(2)9(11)8-4-5-8/h7-8H,4-6H2,1-3H3/t7-/m1/s1. The molecule has 4 nitrogen and oxygen atoms in total. The number of rotatable bonds is 4. The van der Waals surface area contributed by atoms with Gasteiger partial charge in [-0.1, -0.05) is 0 Å². The topological polar surface area (TPSA) is 54.5 Å². The maximum Gasteiger partial charge on any atom is 0.225 e. The van der Waals surface area contributed by atoms with E-state index in [4.69, 9.17) is 0 Å². The number of amides is 1. The van der Waals surface area contributed by atoms with Crippen molar-refractivity contribution in [3.8, 4) is 0 Å². The third-order valence-electron chi connectivity index (χ3n) is 2.48. The van der Waals surface area contributed by atoms with Gasteiger partial charge < -0.3 is 4.90 Å². The SMILES string of the molecule is C[C@H](CS(C)(=O)=O)N(C)C(=O)C1CC1. The molecule has 5 heteroatoms. The molecule has 0 spiro atoms. The molecule has 82 valence electrons. The van der Waals surface area contributed by atoms with Gasteiger partial charge in [0.25, 0.3) is 0 Å². The Balaban J connectivity index is 2.51. The molecule has 0 unspecified atom stereocenters. The smallest absolute Gasteiger partial charge is 0.225 e. The first-order chi connectivity index (χ1) is 6.31. The number of carbonyl (C=O) groups is 1. The minimum atomic E-state index is -3.00. The van der Waals surface area contributed by atoms with Crippen molar-refractivity contribution in [2.75, 3.05) is 19.1 Å². The van der Waals surface area contributed by atoms with Crippen LogP contribution in [0.25, 0.3) is 0 Å². The third kappa shape index (κ3) is 3.29. The summed E-state index contributed by atoms with van der Waals surface area (Å²) in [6.07, 6.45) is 3.10. The zero-order valence-electron chi connectivity index (χ0n) is 8.86. The van der Waals surface area contributed by atoms with E-state index in [1.54, 1.807) is 18.9 Å². The maximum atomic E-state index is 11.6. The van der Waals surface area contributed by atoms with Crippen molar-refractivity contribution >= 4 is 15.7 Å². The summed E-state index contributed by atoms with van der Waals surface area (Å²) in [7, 11) is -1.32. The number of hydrogen-bond donors (Lipinski definition) is 0. The van der Waals surface area contributed by atoms with E-state index in [-0.39, 0.29) is 23.6 Å². The molecule has 1 fully saturated rings. The summed E-state index contributed by atoms with van der Waals surface area (Å²) in [5.74, 6) is 0.283. The van der Waals surface area contributed by atoms with Crippen LogP contribution in [0.5, 0.6) is 0 Å². The molecule has 0 saturated heterocycles. The van der Waals surface area contributed by atoms with E-state index >= 15 is 0 Å². The molecule has 0 radical (unpaired) electrons. The summed E-state index contributed by atoms with van der Waals surface area (Å²) in [5, 5.41) is 0. The molecule has 1 rings (SSSR count). The van der Waals surface area contributed by atoms with E-state index in [1.165, 1.54) is 6.26 Å². The van der Waals surface area contributed by atoms with Crippen molar-refractivity contribution in [1.29, 1.82) is 0 Å². The number of hydrogen-bond acceptors (Lipinski definition) is 3. The van der Waals surface area contributed by atoms with Gasteiger partial charge in [-0.2, -0.15) is 0 Å². The highest BCUT2D eigenvalue weighted by atomic mass is 32.2. The van der Waals surface area contributed by atoms with E-state index in [0.717, 1.165) is 12.8 Å². The summed E-state index contributed by atoms with van der Waals surface area (Å²) in [5.41, 5.74) is 0. The van der Waals surface area contributed by atoms with Crippen molar-refractivity contribution in [2.24, 2.45) is 5.92 Å². The summed E-state index contributed by atoms with van der Waals surface area (Å²) in [6, 6.07) is -0.224. The first kappa shape index (κ1) is 11.5. The molecule has 0 aliphatic heterocycles. The van der Waals surface area contributed by atoms with Gasteiger partial charge in [-0.15, -0.1) is 0 Å². The lowest BCUT2D eigenvalue weighted by Gasteiger charge is -2.24. The lowest BCUT2D eigenvalue weighted by atomic mass is 10.3. The second-order valence-electron chi connectivity index (χ2n) is 4.16. The normalized spacial score (nSPS) is 19.1. The van der Waals surface area contributed by atoms with Crippen LogP contribution in [-0.2, 0) is 14.6 Å². The molecule has 0 heterocycles. The van der Waals surface area contributed by atoms with Gasteiger partial charge in [-0.05, 0) is 19.8 Å². The van der Waals surface area contributed by atoms with Crippen molar-refractivity contribution in [1.82, 2.24) is 4.90 Å². The largest absolute Gasteiger partial charge is 0.342 e. The van der Waals surface area contributed by atoms with Crippen LogP contribution in [0, 0.1) is 5.92 Å². The molecule has 0 aromatic carbocycles. The lowest BCUT2D eigenvalue weighted by molar-refractivity contribution is -0.132. The van der Waals surface area contributed by atoms with Crippen LogP contribution >= 0.6 is 0 Å². The predicted molar refractivity (Wildman–Crippen MR) is 54.7 cm³/mol. The average Bonchev–Trinajstić information content (AvgIpc) is 2.80. The van der Waals surface area contributed by atoms with Gasteiger partial charge in [-0.25, -0.2) is 8.42 Å². The molecule has 1 aliphatic rings. The van der Waals surface area contributed by atoms with Crippen molar-refractivity contribution in [3.63, 3.8) is 0 Å². The van der Waals surface area contributed by atoms with Crippen LogP contribution in [0.3, 0.4) is 0 Å². The molecule has 14 heavy (non-hydrogen) atoms. The molecule has 0 N–H and O–H groups in total. The maximum absolute atomic E-state index is 11.6. The van der Waals surface area contributed by atoms with E-state index in [9.17, 15) is 13.2 Å². The van der Waals surface area contributed by atoms with E-state index in [0.29, 0.717) is 0 Å². The number of sulfone groups is 1. The zero-order valence-corrected chi connectivity index (χ0v) is 9.67. The van der Waals surface area contributed by atoms with Gasteiger partial charge in [-0.3, -0.25) is 4.79 Å². The van der Waals surface area contributed by atoms with Crippen LogP contribution in [0.1, 0.15) is 19.8 Å². The van der Waals surface area contributed by atoms with Crippen LogP contribution < -0.4 is 0 Å². The lowest BCUT2D eigenvalue weighted by Crippen LogP contribution is -2.40. The fourth-order valence-electron chi connectivity index (χ4n) is 1.39. The summed E-state index contributed by atoms with van der Waals surface area (Å²) in [6.45, 7) is 1.77. The predicted octanol–water partition coefficient (Wildman–Crippen LogP) is 0.288. The van der Waals surface area contributed by atoms with Gasteiger partial charge in [0.05, 0.1) is 5.75 Å². The number of carbonyl (C=O) groups excluding carboxylic acids is 1. The summed E-state index contributed by atoms with van der Waals surface area (Å²) < 4.78 is 22.0. The van der Waals surface area contributed by atoms with Crippen molar-refractivity contribution in [3.05, 3.63) is 0 Å². The highest BCUT2D eigenvalue weighted by Gasteiger charge is 2.34. The Morgan fingerprint density at radius 2 is 2.00 bits per heavy atom. The molecule has 0 aromatic rings. The van der Waals surface area contributed by atoms with Gasteiger partial charge in [0.15, 0.2) is 0 Å². The second kappa shape index (κ2) is 3.88. The van der Waals surface area contributed by atoms with Crippen LogP contribution in [-0.4, -0.2) is 44.3 Å². The van der Waals surface area contributed by atoms with Gasteiger partial charge in [0.1, 0.15) is 9.84 Å². The van der Waals surface area contributed by atoms with Crippen LogP contribution in [0.15, 0.2) is 0 Å². The first-order valence-corrected chi connectivity index (χ1v) is 6.81. The average molecular weight is 219 g/mol. The first-order valence-electron chi connectivity index (χ1n) is 4.75. The Bertz CT molecular complexity index is 319. The van der Waals surface area contributed by atoms with E-state index in [2.05, 4.69) is 0 Å². The minimum Gasteiger partial charge on any atom is -0.342 e. The highest BCUT2D eigenvalue weighted by Crippen LogP contribution is 2.31. The quantitative estimate of drug-likeness (QED) is 0.683. The van der Waals surface area contributed by atoms with Gasteiger partial charge in [0, 0.05) is 25.3 Å². The highest BCUT2D eigenvalue weighted by molar-refractivity contribution is 7.90. The Morgan fingerprint density at radius 3 is 2.36 bits per heavy atom. The molecular formula is C9H17NO3S. The molecule has 1 atom stereocenters. The third-order valence-corrected chi connectivity index (χ3v) is 3.57.